The minimum Gasteiger partial charge on any atom is -0.324 e. The van der Waals surface area contributed by atoms with E-state index >= 15 is 0 Å². The van der Waals surface area contributed by atoms with Crippen LogP contribution in [-0.4, -0.2) is 35.0 Å². The van der Waals surface area contributed by atoms with Gasteiger partial charge < -0.3 is 5.32 Å². The molecule has 2 rings (SSSR count). The molecule has 0 saturated heterocycles. The Labute approximate surface area is 127 Å². The summed E-state index contributed by atoms with van der Waals surface area (Å²) in [5.74, 6) is 1.43. The first-order valence-electron chi connectivity index (χ1n) is 6.17. The van der Waals surface area contributed by atoms with Crippen molar-refractivity contribution in [3.05, 3.63) is 29.8 Å². The van der Waals surface area contributed by atoms with Crippen molar-refractivity contribution >= 4 is 27.4 Å². The van der Waals surface area contributed by atoms with Gasteiger partial charge in [0.25, 0.3) is 10.1 Å². The molecular formula is C12H14N6O3S. The third-order valence-corrected chi connectivity index (χ3v) is 3.46. The fourth-order valence-corrected chi connectivity index (χ4v) is 2.40. The quantitative estimate of drug-likeness (QED) is 0.651. The molecule has 0 spiro atoms. The first-order chi connectivity index (χ1) is 10.3. The average Bonchev–Trinajstić information content (AvgIpc) is 2.36. The number of nitrogens with one attached hydrogen (secondary N) is 1. The molecule has 9 nitrogen and oxygen atoms in total. The van der Waals surface area contributed by atoms with E-state index in [4.69, 9.17) is 4.55 Å². The molecule has 0 saturated carbocycles. The van der Waals surface area contributed by atoms with E-state index in [1.54, 1.807) is 13.8 Å². The van der Waals surface area contributed by atoms with Crippen LogP contribution >= 0.6 is 0 Å². The van der Waals surface area contributed by atoms with Gasteiger partial charge in [-0.05, 0) is 32.0 Å². The lowest BCUT2D eigenvalue weighted by molar-refractivity contribution is 0.483. The van der Waals surface area contributed by atoms with Crippen LogP contribution in [-0.2, 0) is 10.1 Å². The van der Waals surface area contributed by atoms with E-state index < -0.39 is 10.1 Å². The minimum atomic E-state index is -4.38. The number of hydrogen-bond acceptors (Lipinski definition) is 8. The zero-order valence-corrected chi connectivity index (χ0v) is 13.0. The Morgan fingerprint density at radius 3 is 2.32 bits per heavy atom. The Hall–Kier alpha value is -2.46. The van der Waals surface area contributed by atoms with Crippen molar-refractivity contribution < 1.29 is 13.0 Å². The van der Waals surface area contributed by atoms with E-state index in [2.05, 4.69) is 30.5 Å². The standard InChI is InChI=1S/C12H14N6O3S/c1-7-14-8(2)16-12(15-7)17-9-4-5-11(22(19,20)21)10(6-9)18-13-3/h4-6H,1-3H3,(H,19,20,21)(H,14,15,16,17). The van der Waals surface area contributed by atoms with Gasteiger partial charge in [-0.15, -0.1) is 0 Å². The van der Waals surface area contributed by atoms with Gasteiger partial charge in [0.1, 0.15) is 22.2 Å². The Kier molecular flexibility index (Phi) is 4.43. The van der Waals surface area contributed by atoms with Gasteiger partial charge in [-0.25, -0.2) is 4.98 Å². The smallest absolute Gasteiger partial charge is 0.296 e. The van der Waals surface area contributed by atoms with Crippen LogP contribution in [0.2, 0.25) is 0 Å². The van der Waals surface area contributed by atoms with Gasteiger partial charge >= 0.3 is 0 Å². The monoisotopic (exact) mass is 322 g/mol. The Morgan fingerprint density at radius 1 is 1.14 bits per heavy atom. The van der Waals surface area contributed by atoms with Crippen molar-refractivity contribution in [3.8, 4) is 0 Å². The second-order valence-corrected chi connectivity index (χ2v) is 5.73. The average molecular weight is 322 g/mol. The molecule has 10 heteroatoms. The molecule has 0 aliphatic rings. The molecule has 22 heavy (non-hydrogen) atoms. The number of anilines is 2. The van der Waals surface area contributed by atoms with Crippen molar-refractivity contribution in [1.29, 1.82) is 0 Å². The highest BCUT2D eigenvalue weighted by Crippen LogP contribution is 2.29. The van der Waals surface area contributed by atoms with Crippen molar-refractivity contribution in [2.24, 2.45) is 10.2 Å². The van der Waals surface area contributed by atoms with E-state index in [0.717, 1.165) is 0 Å². The predicted molar refractivity (Wildman–Crippen MR) is 79.3 cm³/mol. The van der Waals surface area contributed by atoms with E-state index in [1.807, 2.05) is 0 Å². The van der Waals surface area contributed by atoms with Crippen LogP contribution in [0.4, 0.5) is 17.3 Å². The fourth-order valence-electron chi connectivity index (χ4n) is 1.80. The largest absolute Gasteiger partial charge is 0.324 e. The predicted octanol–water partition coefficient (Wildman–Crippen LogP) is 2.19. The fraction of sp³-hybridized carbons (Fsp3) is 0.250. The van der Waals surface area contributed by atoms with Crippen molar-refractivity contribution in [2.75, 3.05) is 12.4 Å². The van der Waals surface area contributed by atoms with E-state index in [-0.39, 0.29) is 10.6 Å². The van der Waals surface area contributed by atoms with E-state index in [1.165, 1.54) is 25.2 Å². The number of rotatable bonds is 4. The second-order valence-electron chi connectivity index (χ2n) is 4.34. The summed E-state index contributed by atoms with van der Waals surface area (Å²) in [7, 11) is -2.99. The second kappa shape index (κ2) is 6.12. The SMILES string of the molecule is CN=Nc1cc(Nc2nc(C)nc(C)n2)ccc1S(=O)(=O)O. The summed E-state index contributed by atoms with van der Waals surface area (Å²) in [5.41, 5.74) is 0.511. The van der Waals surface area contributed by atoms with Crippen LogP contribution in [0, 0.1) is 13.8 Å². The van der Waals surface area contributed by atoms with Crippen LogP contribution in [0.1, 0.15) is 11.6 Å². The molecular weight excluding hydrogens is 308 g/mol. The maximum absolute atomic E-state index is 11.3. The summed E-state index contributed by atoms with van der Waals surface area (Å²) in [6, 6.07) is 4.11. The zero-order chi connectivity index (χ0) is 16.3. The van der Waals surface area contributed by atoms with Gasteiger partial charge in [-0.3, -0.25) is 4.55 Å². The Balaban J connectivity index is 2.43. The Bertz CT molecular complexity index is 815. The molecule has 0 aliphatic heterocycles. The normalized spacial score (nSPS) is 11.8. The molecule has 0 bridgehead atoms. The highest BCUT2D eigenvalue weighted by molar-refractivity contribution is 7.86. The topological polar surface area (TPSA) is 130 Å². The number of aromatic nitrogens is 3. The summed E-state index contributed by atoms with van der Waals surface area (Å²) in [4.78, 5) is 12.0. The molecule has 0 atom stereocenters. The number of azo groups is 1. The first-order valence-corrected chi connectivity index (χ1v) is 7.61. The third kappa shape index (κ3) is 3.80. The van der Waals surface area contributed by atoms with Crippen molar-refractivity contribution in [3.63, 3.8) is 0 Å². The van der Waals surface area contributed by atoms with Gasteiger partial charge in [0.05, 0.1) is 0 Å². The summed E-state index contributed by atoms with van der Waals surface area (Å²) < 4.78 is 31.7. The first kappa shape index (κ1) is 15.9. The molecule has 0 amide bonds. The lowest BCUT2D eigenvalue weighted by atomic mass is 10.3. The number of hydrogen-bond donors (Lipinski definition) is 2. The molecule has 0 unspecified atom stereocenters. The highest BCUT2D eigenvalue weighted by atomic mass is 32.2. The lowest BCUT2D eigenvalue weighted by Crippen LogP contribution is -2.03. The van der Waals surface area contributed by atoms with Gasteiger partial charge in [0, 0.05) is 12.7 Å². The molecule has 1 aromatic carbocycles. The van der Waals surface area contributed by atoms with Crippen LogP contribution in [0.25, 0.3) is 0 Å². The maximum atomic E-state index is 11.3. The molecule has 2 N–H and O–H groups in total. The lowest BCUT2D eigenvalue weighted by Gasteiger charge is -2.08. The van der Waals surface area contributed by atoms with E-state index in [9.17, 15) is 8.42 Å². The number of nitrogens with zero attached hydrogens (tertiary/aromatic N) is 5. The van der Waals surface area contributed by atoms with Crippen molar-refractivity contribution in [2.45, 2.75) is 18.7 Å². The number of benzene rings is 1. The van der Waals surface area contributed by atoms with Gasteiger partial charge in [0.15, 0.2) is 0 Å². The molecule has 0 aliphatic carbocycles. The van der Waals surface area contributed by atoms with Crippen LogP contribution < -0.4 is 5.32 Å². The van der Waals surface area contributed by atoms with Crippen LogP contribution in [0.15, 0.2) is 33.3 Å². The molecule has 2 aromatic rings. The minimum absolute atomic E-state index is 0.0116. The molecule has 116 valence electrons. The molecule has 0 fully saturated rings. The van der Waals surface area contributed by atoms with Gasteiger partial charge in [0.2, 0.25) is 5.95 Å². The van der Waals surface area contributed by atoms with E-state index in [0.29, 0.717) is 23.3 Å². The van der Waals surface area contributed by atoms with Gasteiger partial charge in [-0.2, -0.15) is 28.6 Å². The number of aryl methyl sites for hydroxylation is 2. The van der Waals surface area contributed by atoms with Crippen molar-refractivity contribution in [1.82, 2.24) is 15.0 Å². The summed E-state index contributed by atoms with van der Waals surface area (Å²) >= 11 is 0. The highest BCUT2D eigenvalue weighted by Gasteiger charge is 2.16. The maximum Gasteiger partial charge on any atom is 0.296 e. The van der Waals surface area contributed by atoms with Crippen LogP contribution in [0.5, 0.6) is 0 Å². The molecule has 1 heterocycles. The van der Waals surface area contributed by atoms with Crippen LogP contribution in [0.3, 0.4) is 0 Å². The molecule has 0 radical (unpaired) electrons. The zero-order valence-electron chi connectivity index (χ0n) is 12.1. The Morgan fingerprint density at radius 2 is 1.77 bits per heavy atom. The summed E-state index contributed by atoms with van der Waals surface area (Å²) in [6.45, 7) is 3.47. The third-order valence-electron chi connectivity index (χ3n) is 2.56. The summed E-state index contributed by atoms with van der Waals surface area (Å²) in [5, 5.41) is 10.2. The molecule has 1 aromatic heterocycles. The summed E-state index contributed by atoms with van der Waals surface area (Å²) in [6.07, 6.45) is 0. The van der Waals surface area contributed by atoms with Gasteiger partial charge in [-0.1, -0.05) is 0 Å².